The van der Waals surface area contributed by atoms with Crippen LogP contribution in [0, 0.1) is 0 Å². The van der Waals surface area contributed by atoms with Crippen LogP contribution in [0.4, 0.5) is 0 Å². The fraction of sp³-hybridized carbons (Fsp3) is 0.769. The normalized spacial score (nSPS) is 15.5. The standard InChI is InChI=1S/C13H23N3O2/c1-3-16(6-7-17-2)10-13-8-12(15-18-13)9-14-11-4-5-11/h8,11,14H,3-7,9-10H2,1-2H3. The number of hydrogen-bond donors (Lipinski definition) is 1. The molecule has 1 aliphatic carbocycles. The van der Waals surface area contributed by atoms with Crippen LogP contribution in [0.5, 0.6) is 0 Å². The average Bonchev–Trinajstić information content (AvgIpc) is 3.12. The van der Waals surface area contributed by atoms with Crippen molar-refractivity contribution in [2.45, 2.75) is 38.9 Å². The summed E-state index contributed by atoms with van der Waals surface area (Å²) in [5.74, 6) is 0.931. The van der Waals surface area contributed by atoms with Crippen molar-refractivity contribution in [3.05, 3.63) is 17.5 Å². The minimum absolute atomic E-state index is 0.707. The first kappa shape index (κ1) is 13.5. The number of rotatable bonds is 9. The molecule has 0 spiro atoms. The molecule has 1 N–H and O–H groups in total. The van der Waals surface area contributed by atoms with E-state index in [-0.39, 0.29) is 0 Å². The molecule has 2 rings (SSSR count). The van der Waals surface area contributed by atoms with Gasteiger partial charge in [-0.2, -0.15) is 0 Å². The Bertz CT molecular complexity index is 350. The highest BCUT2D eigenvalue weighted by atomic mass is 16.5. The number of hydrogen-bond acceptors (Lipinski definition) is 5. The van der Waals surface area contributed by atoms with Gasteiger partial charge in [0.2, 0.25) is 0 Å². The molecule has 0 atom stereocenters. The van der Waals surface area contributed by atoms with E-state index in [0.717, 1.165) is 44.2 Å². The molecule has 0 saturated heterocycles. The predicted octanol–water partition coefficient (Wildman–Crippen LogP) is 1.39. The Balaban J connectivity index is 1.76. The first-order valence-electron chi connectivity index (χ1n) is 6.71. The molecule has 0 unspecified atom stereocenters. The molecule has 1 fully saturated rings. The zero-order valence-corrected chi connectivity index (χ0v) is 11.3. The van der Waals surface area contributed by atoms with Crippen LogP contribution in [0.2, 0.25) is 0 Å². The maximum absolute atomic E-state index is 5.36. The van der Waals surface area contributed by atoms with Gasteiger partial charge in [0.1, 0.15) is 0 Å². The lowest BCUT2D eigenvalue weighted by Gasteiger charge is -2.17. The van der Waals surface area contributed by atoms with E-state index in [1.807, 2.05) is 6.07 Å². The van der Waals surface area contributed by atoms with Gasteiger partial charge in [-0.15, -0.1) is 0 Å². The lowest BCUT2D eigenvalue weighted by atomic mass is 10.3. The van der Waals surface area contributed by atoms with Crippen LogP contribution in [-0.2, 0) is 17.8 Å². The van der Waals surface area contributed by atoms with Crippen molar-refractivity contribution < 1.29 is 9.26 Å². The van der Waals surface area contributed by atoms with Gasteiger partial charge in [0.05, 0.1) is 18.8 Å². The molecule has 1 aromatic rings. The molecule has 0 amide bonds. The van der Waals surface area contributed by atoms with Crippen molar-refractivity contribution in [1.29, 1.82) is 0 Å². The van der Waals surface area contributed by atoms with E-state index in [1.165, 1.54) is 12.8 Å². The maximum Gasteiger partial charge on any atom is 0.151 e. The number of ether oxygens (including phenoxy) is 1. The highest BCUT2D eigenvalue weighted by molar-refractivity contribution is 5.05. The SMILES string of the molecule is CCN(CCOC)Cc1cc(CNC2CC2)no1. The fourth-order valence-electron chi connectivity index (χ4n) is 1.84. The molecule has 18 heavy (non-hydrogen) atoms. The summed E-state index contributed by atoms with van der Waals surface area (Å²) in [5, 5.41) is 7.52. The molecule has 1 saturated carbocycles. The first-order valence-corrected chi connectivity index (χ1v) is 6.71. The Hall–Kier alpha value is -0.910. The van der Waals surface area contributed by atoms with Crippen molar-refractivity contribution in [2.75, 3.05) is 26.8 Å². The number of likely N-dealkylation sites (N-methyl/N-ethyl adjacent to an activating group) is 1. The molecule has 102 valence electrons. The molecule has 1 heterocycles. The summed E-state index contributed by atoms with van der Waals surface area (Å²) in [6, 6.07) is 2.75. The largest absolute Gasteiger partial charge is 0.383 e. The van der Waals surface area contributed by atoms with Gasteiger partial charge in [-0.05, 0) is 19.4 Å². The van der Waals surface area contributed by atoms with Crippen molar-refractivity contribution in [2.24, 2.45) is 0 Å². The van der Waals surface area contributed by atoms with Gasteiger partial charge in [0.25, 0.3) is 0 Å². The third-order valence-electron chi connectivity index (χ3n) is 3.20. The first-order chi connectivity index (χ1) is 8.81. The Kier molecular flexibility index (Phi) is 5.16. The fourth-order valence-corrected chi connectivity index (χ4v) is 1.84. The molecule has 0 aromatic carbocycles. The van der Waals surface area contributed by atoms with Gasteiger partial charge < -0.3 is 14.6 Å². The lowest BCUT2D eigenvalue weighted by molar-refractivity contribution is 0.141. The summed E-state index contributed by atoms with van der Waals surface area (Å²) in [6.45, 7) is 6.41. The van der Waals surface area contributed by atoms with Gasteiger partial charge in [0, 0.05) is 32.3 Å². The molecule has 0 aliphatic heterocycles. The summed E-state index contributed by atoms with van der Waals surface area (Å²) in [6.07, 6.45) is 2.59. The topological polar surface area (TPSA) is 50.5 Å². The van der Waals surface area contributed by atoms with E-state index >= 15 is 0 Å². The van der Waals surface area contributed by atoms with Crippen molar-refractivity contribution >= 4 is 0 Å². The van der Waals surface area contributed by atoms with Crippen molar-refractivity contribution in [3.63, 3.8) is 0 Å². The quantitative estimate of drug-likeness (QED) is 0.721. The second kappa shape index (κ2) is 6.87. The smallest absolute Gasteiger partial charge is 0.151 e. The molecule has 0 radical (unpaired) electrons. The van der Waals surface area contributed by atoms with Crippen LogP contribution in [-0.4, -0.2) is 42.9 Å². The summed E-state index contributed by atoms with van der Waals surface area (Å²) in [7, 11) is 1.73. The number of nitrogens with one attached hydrogen (secondary N) is 1. The van der Waals surface area contributed by atoms with Gasteiger partial charge in [-0.1, -0.05) is 12.1 Å². The predicted molar refractivity (Wildman–Crippen MR) is 69.2 cm³/mol. The number of aromatic nitrogens is 1. The van der Waals surface area contributed by atoms with Gasteiger partial charge in [-0.25, -0.2) is 0 Å². The van der Waals surface area contributed by atoms with Gasteiger partial charge in [0.15, 0.2) is 5.76 Å². The lowest BCUT2D eigenvalue weighted by Crippen LogP contribution is -2.26. The summed E-state index contributed by atoms with van der Waals surface area (Å²) in [4.78, 5) is 2.28. The molecule has 1 aromatic heterocycles. The molecule has 5 nitrogen and oxygen atoms in total. The Morgan fingerprint density at radius 3 is 3.06 bits per heavy atom. The van der Waals surface area contributed by atoms with E-state index in [1.54, 1.807) is 7.11 Å². The van der Waals surface area contributed by atoms with E-state index in [2.05, 4.69) is 22.3 Å². The summed E-state index contributed by atoms with van der Waals surface area (Å²) >= 11 is 0. The zero-order chi connectivity index (χ0) is 12.8. The van der Waals surface area contributed by atoms with Gasteiger partial charge >= 0.3 is 0 Å². The third kappa shape index (κ3) is 4.40. The molecular formula is C13H23N3O2. The summed E-state index contributed by atoms with van der Waals surface area (Å²) in [5.41, 5.74) is 1.000. The second-order valence-corrected chi connectivity index (χ2v) is 4.80. The number of nitrogens with zero attached hydrogens (tertiary/aromatic N) is 2. The van der Waals surface area contributed by atoms with E-state index in [4.69, 9.17) is 9.26 Å². The van der Waals surface area contributed by atoms with E-state index in [0.29, 0.717) is 6.04 Å². The second-order valence-electron chi connectivity index (χ2n) is 4.80. The van der Waals surface area contributed by atoms with Crippen LogP contribution in [0.15, 0.2) is 10.6 Å². The van der Waals surface area contributed by atoms with Crippen LogP contribution >= 0.6 is 0 Å². The van der Waals surface area contributed by atoms with Crippen LogP contribution < -0.4 is 5.32 Å². The monoisotopic (exact) mass is 253 g/mol. The minimum Gasteiger partial charge on any atom is -0.383 e. The highest BCUT2D eigenvalue weighted by Gasteiger charge is 2.20. The molecular weight excluding hydrogens is 230 g/mol. The number of methoxy groups -OCH3 is 1. The van der Waals surface area contributed by atoms with Gasteiger partial charge in [-0.3, -0.25) is 4.90 Å². The third-order valence-corrected chi connectivity index (χ3v) is 3.20. The Morgan fingerprint density at radius 1 is 1.56 bits per heavy atom. The van der Waals surface area contributed by atoms with E-state index < -0.39 is 0 Å². The Labute approximate surface area is 108 Å². The highest BCUT2D eigenvalue weighted by Crippen LogP contribution is 2.19. The van der Waals surface area contributed by atoms with Crippen molar-refractivity contribution in [1.82, 2.24) is 15.4 Å². The molecule has 1 aliphatic rings. The minimum atomic E-state index is 0.707. The zero-order valence-electron chi connectivity index (χ0n) is 11.3. The van der Waals surface area contributed by atoms with Crippen LogP contribution in [0.3, 0.4) is 0 Å². The average molecular weight is 253 g/mol. The van der Waals surface area contributed by atoms with Crippen LogP contribution in [0.25, 0.3) is 0 Å². The maximum atomic E-state index is 5.36. The van der Waals surface area contributed by atoms with Crippen LogP contribution in [0.1, 0.15) is 31.2 Å². The van der Waals surface area contributed by atoms with E-state index in [9.17, 15) is 0 Å². The summed E-state index contributed by atoms with van der Waals surface area (Å²) < 4.78 is 10.4. The Morgan fingerprint density at radius 2 is 2.39 bits per heavy atom. The van der Waals surface area contributed by atoms with Crippen molar-refractivity contribution in [3.8, 4) is 0 Å². The molecule has 0 bridgehead atoms. The molecule has 5 heteroatoms.